The number of thiophene rings is 2. The highest BCUT2D eigenvalue weighted by atomic mass is 32.1. The summed E-state index contributed by atoms with van der Waals surface area (Å²) in [6, 6.07) is 21.0. The molecule has 2 aromatic heterocycles. The van der Waals surface area contributed by atoms with Crippen molar-refractivity contribution in [2.45, 2.75) is 97.1 Å². The van der Waals surface area contributed by atoms with Gasteiger partial charge in [0.1, 0.15) is 11.2 Å². The molecule has 2 amide bonds. The van der Waals surface area contributed by atoms with Crippen LogP contribution in [0.1, 0.15) is 81.8 Å². The molecule has 0 bridgehead atoms. The number of nitrogens with zero attached hydrogens (tertiary/aromatic N) is 2. The molecule has 0 saturated carbocycles. The molecule has 0 spiro atoms. The van der Waals surface area contributed by atoms with Gasteiger partial charge in [0.15, 0.2) is 6.29 Å². The van der Waals surface area contributed by atoms with Crippen LogP contribution in [0.5, 0.6) is 0 Å². The normalized spacial score (nSPS) is 17.7. The molecule has 2 fully saturated rings. The van der Waals surface area contributed by atoms with E-state index in [9.17, 15) is 14.4 Å². The molecule has 9 nitrogen and oxygen atoms in total. The fourth-order valence-electron chi connectivity index (χ4n) is 5.80. The lowest BCUT2D eigenvalue weighted by Gasteiger charge is -2.28. The largest absolute Gasteiger partial charge is 0.444 e. The van der Waals surface area contributed by atoms with Crippen LogP contribution in [0.15, 0.2) is 60.7 Å². The number of nitrogens with one attached hydrogen (secondary N) is 1. The molecule has 11 heteroatoms. The predicted octanol–water partition coefficient (Wildman–Crippen LogP) is 8.45. The molecule has 0 unspecified atom stereocenters. The Labute approximate surface area is 298 Å². The SMILES string of the molecule is CC(C)(C)OC(=O)N1CCC[C@H]1CN.CC(C)(C)OC(=O)N1CCC[C@H]1CNCc1cc2ccccc2s1.O=Cc1cc2ccccc2s1. The average Bonchev–Trinajstić information content (AvgIpc) is 3.85. The molecule has 49 heavy (non-hydrogen) atoms. The Kier molecular flexibility index (Phi) is 13.6. The zero-order valence-corrected chi connectivity index (χ0v) is 31.3. The van der Waals surface area contributed by atoms with Crippen molar-refractivity contribution in [1.82, 2.24) is 15.1 Å². The molecule has 0 aliphatic carbocycles. The van der Waals surface area contributed by atoms with Crippen molar-refractivity contribution in [1.29, 1.82) is 0 Å². The number of likely N-dealkylation sites (tertiary alicyclic amines) is 2. The third kappa shape index (κ3) is 11.8. The highest BCUT2D eigenvalue weighted by Gasteiger charge is 2.32. The van der Waals surface area contributed by atoms with Crippen molar-refractivity contribution in [3.63, 3.8) is 0 Å². The van der Waals surface area contributed by atoms with E-state index in [-0.39, 0.29) is 24.3 Å². The fourth-order valence-corrected chi connectivity index (χ4v) is 7.71. The third-order valence-electron chi connectivity index (χ3n) is 8.00. The minimum absolute atomic E-state index is 0.171. The van der Waals surface area contributed by atoms with Crippen LogP contribution >= 0.6 is 22.7 Å². The maximum absolute atomic E-state index is 12.3. The number of fused-ring (bicyclic) bond motifs is 2. The van der Waals surface area contributed by atoms with Crippen LogP contribution in [-0.4, -0.2) is 77.7 Å². The molecule has 2 saturated heterocycles. The molecule has 2 aliphatic rings. The highest BCUT2D eigenvalue weighted by Crippen LogP contribution is 2.26. The van der Waals surface area contributed by atoms with E-state index in [4.69, 9.17) is 15.2 Å². The van der Waals surface area contributed by atoms with E-state index in [1.54, 1.807) is 4.90 Å². The van der Waals surface area contributed by atoms with Crippen LogP contribution in [0.4, 0.5) is 9.59 Å². The van der Waals surface area contributed by atoms with Gasteiger partial charge in [-0.2, -0.15) is 0 Å². The molecule has 2 aromatic carbocycles. The molecule has 3 N–H and O–H groups in total. The van der Waals surface area contributed by atoms with E-state index in [2.05, 4.69) is 35.6 Å². The lowest BCUT2D eigenvalue weighted by molar-refractivity contribution is 0.0218. The zero-order chi connectivity index (χ0) is 35.6. The molecular formula is C38H52N4O5S2. The maximum Gasteiger partial charge on any atom is 0.410 e. The van der Waals surface area contributed by atoms with E-state index in [1.165, 1.54) is 31.0 Å². The minimum Gasteiger partial charge on any atom is -0.444 e. The van der Waals surface area contributed by atoms with Gasteiger partial charge in [-0.05, 0) is 102 Å². The number of aldehydes is 1. The van der Waals surface area contributed by atoms with Crippen LogP contribution < -0.4 is 11.1 Å². The van der Waals surface area contributed by atoms with Crippen molar-refractivity contribution in [2.24, 2.45) is 5.73 Å². The van der Waals surface area contributed by atoms with E-state index in [1.807, 2.05) is 88.1 Å². The van der Waals surface area contributed by atoms with Gasteiger partial charge in [-0.15, -0.1) is 22.7 Å². The molecule has 4 aromatic rings. The minimum atomic E-state index is -0.436. The number of nitrogens with two attached hydrogens (primary N) is 1. The number of rotatable bonds is 6. The summed E-state index contributed by atoms with van der Waals surface area (Å²) in [4.78, 5) is 40.1. The van der Waals surface area contributed by atoms with Gasteiger partial charge in [-0.25, -0.2) is 9.59 Å². The summed E-state index contributed by atoms with van der Waals surface area (Å²) in [7, 11) is 0. The monoisotopic (exact) mass is 708 g/mol. The Morgan fingerprint density at radius 2 is 1.33 bits per heavy atom. The van der Waals surface area contributed by atoms with Crippen LogP contribution in [0.25, 0.3) is 20.2 Å². The topological polar surface area (TPSA) is 114 Å². The first kappa shape index (κ1) is 38.3. The summed E-state index contributed by atoms with van der Waals surface area (Å²) in [5.41, 5.74) is 4.72. The van der Waals surface area contributed by atoms with Crippen molar-refractivity contribution in [2.75, 3.05) is 26.2 Å². The van der Waals surface area contributed by atoms with Gasteiger partial charge < -0.3 is 30.3 Å². The van der Waals surface area contributed by atoms with Crippen LogP contribution in [0, 0.1) is 0 Å². The number of benzene rings is 2. The standard InChI is InChI=1S/C19H26N2O2S.C10H20N2O2.C9H6OS/c1-19(2,3)23-18(22)21-10-6-8-15(21)12-20-13-16-11-14-7-4-5-9-17(14)24-16;1-10(2,3)14-9(13)12-6-4-5-8(12)7-11;10-6-8-5-7-3-1-2-4-9(7)11-8/h4-5,7,9,11,15,20H,6,8,10,12-13H2,1-3H3;8H,4-7,11H2,1-3H3;1-6H/t15-;8-;/m00./s1. The quantitative estimate of drug-likeness (QED) is 0.193. The highest BCUT2D eigenvalue weighted by molar-refractivity contribution is 7.20. The zero-order valence-electron chi connectivity index (χ0n) is 29.7. The molecule has 2 atom stereocenters. The first-order valence-corrected chi connectivity index (χ1v) is 18.7. The first-order chi connectivity index (χ1) is 23.3. The van der Waals surface area contributed by atoms with Gasteiger partial charge in [0, 0.05) is 59.1 Å². The second-order valence-corrected chi connectivity index (χ2v) is 16.6. The molecule has 6 rings (SSSR count). The van der Waals surface area contributed by atoms with E-state index < -0.39 is 11.2 Å². The summed E-state index contributed by atoms with van der Waals surface area (Å²) < 4.78 is 13.3. The van der Waals surface area contributed by atoms with Crippen molar-refractivity contribution >= 4 is 61.3 Å². The Morgan fingerprint density at radius 1 is 0.816 bits per heavy atom. The Hall–Kier alpha value is -3.51. The third-order valence-corrected chi connectivity index (χ3v) is 10.2. The number of carbonyl (C=O) groups is 3. The summed E-state index contributed by atoms with van der Waals surface area (Å²) >= 11 is 3.36. The average molecular weight is 709 g/mol. The van der Waals surface area contributed by atoms with Crippen LogP contribution in [0.2, 0.25) is 0 Å². The summed E-state index contributed by atoms with van der Waals surface area (Å²) in [6.07, 6.45) is 4.59. The van der Waals surface area contributed by atoms with Crippen molar-refractivity contribution < 1.29 is 23.9 Å². The Balaban J connectivity index is 0.000000183. The number of carbonyl (C=O) groups excluding carboxylic acids is 3. The molecule has 4 heterocycles. The van der Waals surface area contributed by atoms with Gasteiger partial charge in [0.2, 0.25) is 0 Å². The van der Waals surface area contributed by atoms with E-state index in [0.29, 0.717) is 6.54 Å². The summed E-state index contributed by atoms with van der Waals surface area (Å²) in [5.74, 6) is 0. The first-order valence-electron chi connectivity index (χ1n) is 17.1. The number of amides is 2. The van der Waals surface area contributed by atoms with Gasteiger partial charge in [-0.1, -0.05) is 36.4 Å². The number of hydrogen-bond donors (Lipinski definition) is 2. The van der Waals surface area contributed by atoms with Gasteiger partial charge in [0.05, 0.1) is 4.88 Å². The molecular weight excluding hydrogens is 657 g/mol. The molecule has 2 aliphatic heterocycles. The summed E-state index contributed by atoms with van der Waals surface area (Å²) in [6.45, 7) is 15.1. The van der Waals surface area contributed by atoms with Gasteiger partial charge >= 0.3 is 12.2 Å². The summed E-state index contributed by atoms with van der Waals surface area (Å²) in [5, 5.41) is 5.97. The van der Waals surface area contributed by atoms with Crippen molar-refractivity contribution in [3.05, 3.63) is 70.4 Å². The smallest absolute Gasteiger partial charge is 0.410 e. The van der Waals surface area contributed by atoms with E-state index >= 15 is 0 Å². The fraction of sp³-hybridized carbons (Fsp3) is 0.500. The van der Waals surface area contributed by atoms with Crippen LogP contribution in [0.3, 0.4) is 0 Å². The predicted molar refractivity (Wildman–Crippen MR) is 202 cm³/mol. The number of ether oxygens (including phenoxy) is 2. The molecule has 266 valence electrons. The lowest BCUT2D eigenvalue weighted by Crippen LogP contribution is -2.43. The number of hydrogen-bond acceptors (Lipinski definition) is 9. The molecule has 0 radical (unpaired) electrons. The van der Waals surface area contributed by atoms with E-state index in [0.717, 1.165) is 68.4 Å². The maximum atomic E-state index is 12.3. The van der Waals surface area contributed by atoms with Gasteiger partial charge in [-0.3, -0.25) is 4.79 Å². The Morgan fingerprint density at radius 3 is 1.84 bits per heavy atom. The second kappa shape index (κ2) is 17.4. The Bertz CT molecular complexity index is 1610. The lowest BCUT2D eigenvalue weighted by atomic mass is 10.2. The van der Waals surface area contributed by atoms with Crippen LogP contribution in [-0.2, 0) is 16.0 Å². The van der Waals surface area contributed by atoms with Crippen molar-refractivity contribution in [3.8, 4) is 0 Å². The van der Waals surface area contributed by atoms with Gasteiger partial charge in [0.25, 0.3) is 0 Å². The second-order valence-electron chi connectivity index (χ2n) is 14.4.